The van der Waals surface area contributed by atoms with Gasteiger partial charge in [0.15, 0.2) is 5.17 Å². The van der Waals surface area contributed by atoms with Crippen LogP contribution in [-0.4, -0.2) is 25.2 Å². The smallest absolute Gasteiger partial charge is 0.271 e. The topological polar surface area (TPSA) is 35.9 Å². The summed E-state index contributed by atoms with van der Waals surface area (Å²) in [5.41, 5.74) is 3.74. The van der Waals surface area contributed by atoms with Gasteiger partial charge in [-0.25, -0.2) is 4.99 Å². The van der Waals surface area contributed by atoms with E-state index in [0.29, 0.717) is 10.1 Å². The van der Waals surface area contributed by atoms with Crippen LogP contribution in [0.3, 0.4) is 0 Å². The van der Waals surface area contributed by atoms with Gasteiger partial charge in [-0.3, -0.25) is 9.69 Å². The lowest BCUT2D eigenvalue weighted by Crippen LogP contribution is -2.28. The average molecular weight is 400 g/mol. The monoisotopic (exact) mass is 399 g/mol. The highest BCUT2D eigenvalue weighted by Crippen LogP contribution is 2.37. The molecule has 0 radical (unpaired) electrons. The Hall–Kier alpha value is -3.31. The van der Waals surface area contributed by atoms with Crippen LogP contribution in [0.4, 0.5) is 17.1 Å². The van der Waals surface area contributed by atoms with Gasteiger partial charge in [-0.2, -0.15) is 0 Å². The molecule has 1 fully saturated rings. The van der Waals surface area contributed by atoms with Crippen molar-refractivity contribution in [2.75, 3.05) is 23.9 Å². The molecule has 0 N–H and O–H groups in total. The molecule has 1 aliphatic heterocycles. The number of thioether (sulfide) groups is 1. The number of amidine groups is 1. The first-order valence-corrected chi connectivity index (χ1v) is 10.1. The molecule has 4 nitrogen and oxygen atoms in total. The molecule has 3 aromatic rings. The number of hydrogen-bond acceptors (Lipinski definition) is 4. The third-order valence-corrected chi connectivity index (χ3v) is 5.48. The molecule has 3 aromatic carbocycles. The third-order valence-electron chi connectivity index (χ3n) is 4.51. The highest BCUT2D eigenvalue weighted by Gasteiger charge is 2.34. The molecule has 144 valence electrons. The molecule has 1 heterocycles. The maximum absolute atomic E-state index is 13.2. The minimum atomic E-state index is -0.0624. The molecule has 0 unspecified atom stereocenters. The van der Waals surface area contributed by atoms with E-state index in [9.17, 15) is 4.79 Å². The van der Waals surface area contributed by atoms with Crippen molar-refractivity contribution in [3.63, 3.8) is 0 Å². The Morgan fingerprint density at radius 1 is 0.862 bits per heavy atom. The van der Waals surface area contributed by atoms with Crippen LogP contribution in [0.25, 0.3) is 6.08 Å². The second-order valence-electron chi connectivity index (χ2n) is 6.80. The van der Waals surface area contributed by atoms with Gasteiger partial charge in [0.2, 0.25) is 0 Å². The highest BCUT2D eigenvalue weighted by atomic mass is 32.2. The lowest BCUT2D eigenvalue weighted by Gasteiger charge is -2.15. The molecule has 0 bridgehead atoms. The zero-order chi connectivity index (χ0) is 20.2. The largest absolute Gasteiger partial charge is 0.378 e. The summed E-state index contributed by atoms with van der Waals surface area (Å²) in [6, 6.07) is 27.5. The standard InChI is InChI=1S/C24H21N3OS/c1-26(2)20-15-13-18(14-16-20)17-22-23(28)27(21-11-7-4-8-12-21)24(29-22)25-19-9-5-3-6-10-19/h3-17H,1-2H3/b22-17-,25-24?. The van der Waals surface area contributed by atoms with Crippen molar-refractivity contribution in [1.82, 2.24) is 0 Å². The van der Waals surface area contributed by atoms with E-state index in [1.54, 1.807) is 4.90 Å². The van der Waals surface area contributed by atoms with Gasteiger partial charge in [0.1, 0.15) is 0 Å². The number of hydrogen-bond donors (Lipinski definition) is 0. The van der Waals surface area contributed by atoms with Crippen LogP contribution >= 0.6 is 11.8 Å². The zero-order valence-electron chi connectivity index (χ0n) is 16.3. The first-order valence-electron chi connectivity index (χ1n) is 9.32. The number of carbonyl (C=O) groups is 1. The quantitative estimate of drug-likeness (QED) is 0.539. The number of para-hydroxylation sites is 2. The van der Waals surface area contributed by atoms with Crippen LogP contribution in [0.2, 0.25) is 0 Å². The Kier molecular flexibility index (Phi) is 5.49. The van der Waals surface area contributed by atoms with Crippen LogP contribution in [0.15, 0.2) is 94.8 Å². The van der Waals surface area contributed by atoms with Gasteiger partial charge in [-0.1, -0.05) is 48.5 Å². The first-order chi connectivity index (χ1) is 14.1. The van der Waals surface area contributed by atoms with E-state index >= 15 is 0 Å². The summed E-state index contributed by atoms with van der Waals surface area (Å²) in [6.07, 6.45) is 1.93. The zero-order valence-corrected chi connectivity index (χ0v) is 17.1. The minimum Gasteiger partial charge on any atom is -0.378 e. The molecular formula is C24H21N3OS. The summed E-state index contributed by atoms with van der Waals surface area (Å²) in [5.74, 6) is -0.0624. The maximum atomic E-state index is 13.2. The maximum Gasteiger partial charge on any atom is 0.271 e. The van der Waals surface area contributed by atoms with Crippen LogP contribution in [-0.2, 0) is 4.79 Å². The Morgan fingerprint density at radius 2 is 1.48 bits per heavy atom. The van der Waals surface area contributed by atoms with Crippen LogP contribution in [0.1, 0.15) is 5.56 Å². The Balaban J connectivity index is 1.72. The summed E-state index contributed by atoms with van der Waals surface area (Å²) in [6.45, 7) is 0. The van der Waals surface area contributed by atoms with Crippen molar-refractivity contribution in [2.45, 2.75) is 0 Å². The van der Waals surface area contributed by atoms with Gasteiger partial charge < -0.3 is 4.90 Å². The second kappa shape index (κ2) is 8.37. The van der Waals surface area contributed by atoms with Crippen LogP contribution in [0.5, 0.6) is 0 Å². The molecule has 29 heavy (non-hydrogen) atoms. The number of rotatable bonds is 4. The third kappa shape index (κ3) is 4.25. The van der Waals surface area contributed by atoms with Crippen molar-refractivity contribution in [1.29, 1.82) is 0 Å². The van der Waals surface area contributed by atoms with Crippen molar-refractivity contribution >= 4 is 46.0 Å². The Morgan fingerprint density at radius 3 is 2.10 bits per heavy atom. The second-order valence-corrected chi connectivity index (χ2v) is 7.81. The predicted molar refractivity (Wildman–Crippen MR) is 124 cm³/mol. The molecule has 0 aromatic heterocycles. The summed E-state index contributed by atoms with van der Waals surface area (Å²) < 4.78 is 0. The van der Waals surface area contributed by atoms with E-state index in [4.69, 9.17) is 4.99 Å². The molecular weight excluding hydrogens is 378 g/mol. The van der Waals surface area contributed by atoms with Crippen LogP contribution < -0.4 is 9.80 Å². The summed E-state index contributed by atoms with van der Waals surface area (Å²) >= 11 is 1.40. The summed E-state index contributed by atoms with van der Waals surface area (Å²) in [4.78, 5) is 22.3. The summed E-state index contributed by atoms with van der Waals surface area (Å²) in [5, 5.41) is 0.656. The average Bonchev–Trinajstić information content (AvgIpc) is 3.04. The number of nitrogens with zero attached hydrogens (tertiary/aromatic N) is 3. The van der Waals surface area contributed by atoms with E-state index in [1.807, 2.05) is 110 Å². The van der Waals surface area contributed by atoms with Gasteiger partial charge in [0, 0.05) is 19.8 Å². The highest BCUT2D eigenvalue weighted by molar-refractivity contribution is 8.19. The minimum absolute atomic E-state index is 0.0624. The van der Waals surface area contributed by atoms with Gasteiger partial charge in [-0.05, 0) is 59.8 Å². The SMILES string of the molecule is CN(C)c1ccc(/C=C2\SC(=Nc3ccccc3)N(c3ccccc3)C2=O)cc1. The fourth-order valence-corrected chi connectivity index (χ4v) is 3.99. The van der Waals surface area contributed by atoms with E-state index in [-0.39, 0.29) is 5.91 Å². The van der Waals surface area contributed by atoms with Gasteiger partial charge >= 0.3 is 0 Å². The molecule has 1 aliphatic rings. The molecule has 0 aliphatic carbocycles. The van der Waals surface area contributed by atoms with Gasteiger partial charge in [0.25, 0.3) is 5.91 Å². The normalized spacial score (nSPS) is 16.6. The Bertz CT molecular complexity index is 1060. The predicted octanol–water partition coefficient (Wildman–Crippen LogP) is 5.56. The van der Waals surface area contributed by atoms with Crippen molar-refractivity contribution < 1.29 is 4.79 Å². The van der Waals surface area contributed by atoms with E-state index in [0.717, 1.165) is 22.6 Å². The first kappa shape index (κ1) is 19.0. The van der Waals surface area contributed by atoms with E-state index in [1.165, 1.54) is 11.8 Å². The summed E-state index contributed by atoms with van der Waals surface area (Å²) in [7, 11) is 4.02. The van der Waals surface area contributed by atoms with Crippen molar-refractivity contribution in [3.8, 4) is 0 Å². The number of aliphatic imine (C=N–C) groups is 1. The van der Waals surface area contributed by atoms with Crippen LogP contribution in [0, 0.1) is 0 Å². The molecule has 4 rings (SSSR count). The molecule has 0 saturated carbocycles. The van der Waals surface area contributed by atoms with Gasteiger partial charge in [-0.15, -0.1) is 0 Å². The molecule has 5 heteroatoms. The fourth-order valence-electron chi connectivity index (χ4n) is 2.99. The van der Waals surface area contributed by atoms with Crippen molar-refractivity contribution in [3.05, 3.63) is 95.4 Å². The number of carbonyl (C=O) groups excluding carboxylic acids is 1. The Labute approximate surface area is 175 Å². The number of anilines is 2. The van der Waals surface area contributed by atoms with E-state index in [2.05, 4.69) is 0 Å². The van der Waals surface area contributed by atoms with Crippen molar-refractivity contribution in [2.24, 2.45) is 4.99 Å². The fraction of sp³-hybridized carbons (Fsp3) is 0.0833. The molecule has 0 spiro atoms. The molecule has 0 atom stereocenters. The number of benzene rings is 3. The molecule has 1 saturated heterocycles. The van der Waals surface area contributed by atoms with Gasteiger partial charge in [0.05, 0.1) is 16.3 Å². The van der Waals surface area contributed by atoms with E-state index < -0.39 is 0 Å². The number of amides is 1. The lowest BCUT2D eigenvalue weighted by molar-refractivity contribution is -0.113. The lowest BCUT2D eigenvalue weighted by atomic mass is 10.2. The molecule has 1 amide bonds.